The molecule has 9 nitrogen and oxygen atoms in total. The number of halogens is 4. The molecule has 0 amide bonds. The van der Waals surface area contributed by atoms with Crippen LogP contribution in [0, 0.1) is 142 Å². The molecule has 4 atom stereocenters. The lowest BCUT2D eigenvalue weighted by atomic mass is 9.84. The summed E-state index contributed by atoms with van der Waals surface area (Å²) in [5.74, 6) is 3.91. The van der Waals surface area contributed by atoms with E-state index < -0.39 is 11.6 Å². The van der Waals surface area contributed by atoms with Crippen LogP contribution in [-0.4, -0.2) is 79.4 Å². The van der Waals surface area contributed by atoms with Crippen LogP contribution in [0.25, 0.3) is 0 Å². The van der Waals surface area contributed by atoms with Crippen LogP contribution in [0.4, 0.5) is 17.6 Å². The average molecular weight is 1280 g/mol. The van der Waals surface area contributed by atoms with Gasteiger partial charge in [0.25, 0.3) is 0 Å². The standard InChI is InChI=1S/C8H8F2.2C8H9F.C8H16.C8H10.C7H9N.2C7H14O.C6H8N2.2C6H12O2/c1-5-3-4-6(2)8(10)7(5)9;2*1-6-3-4-7(2)8(9)5-6;2*1-7-3-5-8(2)6-4-7;3*1-6-3-4-7(2)8-5-6;3*1-5-3-7-6(2)8-4-5/h3-4H,1-2H3;2*3-5H,1-2H3;7-8H,3-6H2,1-2H3;3-6H,1-2H3;3-5H,1-2H3;2*6-7H,3-5H2,1-2H3;3-4H,1-2H3;2*5-6H,3-4H2,1-2H3. The number of aromatic nitrogens is 3. The fourth-order valence-corrected chi connectivity index (χ4v) is 8.62. The molecule has 0 N–H and O–H groups in total. The van der Waals surface area contributed by atoms with E-state index >= 15 is 0 Å². The fraction of sp³-hybridized carbons (Fsp3) is 0.582. The third kappa shape index (κ3) is 42.7. The van der Waals surface area contributed by atoms with Gasteiger partial charge in [-0.25, -0.2) is 27.5 Å². The zero-order valence-corrected chi connectivity index (χ0v) is 60.8. The number of hydrogen-bond donors (Lipinski definition) is 0. The van der Waals surface area contributed by atoms with Gasteiger partial charge in [-0.15, -0.1) is 0 Å². The Kier molecular flexibility index (Phi) is 44.4. The molecule has 2 aromatic heterocycles. The van der Waals surface area contributed by atoms with Gasteiger partial charge in [-0.1, -0.05) is 145 Å². The van der Waals surface area contributed by atoms with Crippen LogP contribution in [0.15, 0.2) is 104 Å². The molecule has 0 bridgehead atoms. The molecule has 13 heteroatoms. The Hall–Kier alpha value is -5.41. The second-order valence-corrected chi connectivity index (χ2v) is 26.5. The van der Waals surface area contributed by atoms with Crippen molar-refractivity contribution in [3.05, 3.63) is 194 Å². The third-order valence-electron chi connectivity index (χ3n) is 15.5. The predicted octanol–water partition coefficient (Wildman–Crippen LogP) is 21.1. The summed E-state index contributed by atoms with van der Waals surface area (Å²) in [5, 5.41) is 0. The van der Waals surface area contributed by atoms with Crippen molar-refractivity contribution in [3.8, 4) is 0 Å². The summed E-state index contributed by atoms with van der Waals surface area (Å²) in [6.07, 6.45) is 17.7. The summed E-state index contributed by atoms with van der Waals surface area (Å²) >= 11 is 0. The van der Waals surface area contributed by atoms with Gasteiger partial charge in [-0.2, -0.15) is 0 Å². The lowest BCUT2D eigenvalue weighted by molar-refractivity contribution is -0.187. The average Bonchev–Trinajstić information content (AvgIpc) is 1.67. The lowest BCUT2D eigenvalue weighted by Crippen LogP contribution is -2.27. The topological polar surface area (TPSA) is 94.1 Å². The first kappa shape index (κ1) is 84.6. The van der Waals surface area contributed by atoms with Gasteiger partial charge in [0.2, 0.25) is 0 Å². The SMILES string of the molecule is CC1CCC(C)CC1.CC1CCC(C)OC1.CC1CCC(C)OC1.CC1COC(C)OC1.CC1COC(C)OC1.Cc1ccc(C)c(F)c1.Cc1ccc(C)c(F)c1.Cc1ccc(C)c(F)c1F.Cc1ccc(C)cc1.Cc1ccc(C)nc1.Cc1cnc(C)nc1. The Morgan fingerprint density at radius 3 is 0.837 bits per heavy atom. The van der Waals surface area contributed by atoms with Gasteiger partial charge >= 0.3 is 0 Å². The first-order valence-electron chi connectivity index (χ1n) is 33.6. The highest BCUT2D eigenvalue weighted by atomic mass is 19.2. The van der Waals surface area contributed by atoms with Gasteiger partial charge in [0.15, 0.2) is 24.2 Å². The molecule has 5 aliphatic rings. The van der Waals surface area contributed by atoms with Crippen LogP contribution >= 0.6 is 0 Å². The summed E-state index contributed by atoms with van der Waals surface area (Å²) in [6, 6.07) is 26.1. The van der Waals surface area contributed by atoms with E-state index in [1.54, 1.807) is 38.1 Å². The minimum Gasteiger partial charge on any atom is -0.378 e. The second kappa shape index (κ2) is 48.3. The summed E-state index contributed by atoms with van der Waals surface area (Å²) < 4.78 is 81.8. The van der Waals surface area contributed by atoms with E-state index in [2.05, 4.69) is 115 Å². The van der Waals surface area contributed by atoms with Crippen molar-refractivity contribution < 1.29 is 46.0 Å². The fourth-order valence-electron chi connectivity index (χ4n) is 8.62. The molecule has 6 aromatic rings. The number of ether oxygens (including phenoxy) is 6. The van der Waals surface area contributed by atoms with E-state index in [9.17, 15) is 17.6 Å². The van der Waals surface area contributed by atoms with Crippen molar-refractivity contribution in [1.82, 2.24) is 15.0 Å². The molecule has 4 aliphatic heterocycles. The van der Waals surface area contributed by atoms with Crippen molar-refractivity contribution in [3.63, 3.8) is 0 Å². The van der Waals surface area contributed by atoms with Crippen molar-refractivity contribution in [2.75, 3.05) is 39.6 Å². The number of rotatable bonds is 0. The molecular formula is C79H121F4N3O6. The zero-order chi connectivity index (χ0) is 69.3. The summed E-state index contributed by atoms with van der Waals surface area (Å²) in [6.45, 7) is 49.3. The molecule has 4 saturated heterocycles. The number of benzene rings is 4. The van der Waals surface area contributed by atoms with Crippen molar-refractivity contribution in [2.24, 2.45) is 35.5 Å². The van der Waals surface area contributed by atoms with Crippen molar-refractivity contribution >= 4 is 0 Å². The number of pyridine rings is 1. The van der Waals surface area contributed by atoms with Crippen molar-refractivity contribution in [1.29, 1.82) is 0 Å². The zero-order valence-electron chi connectivity index (χ0n) is 60.8. The number of hydrogen-bond acceptors (Lipinski definition) is 9. The number of nitrogens with zero attached hydrogens (tertiary/aromatic N) is 3. The normalized spacial score (nSPS) is 22.7. The number of aryl methyl sites for hydroxylation is 12. The first-order chi connectivity index (χ1) is 43.3. The molecule has 11 rings (SSSR count). The Bertz CT molecular complexity index is 2390. The Balaban J connectivity index is 0.000000506. The molecule has 0 radical (unpaired) electrons. The molecule has 1 aliphatic carbocycles. The first-order valence-corrected chi connectivity index (χ1v) is 33.6. The van der Waals surface area contributed by atoms with Gasteiger partial charge in [0.05, 0.1) is 38.6 Å². The molecule has 0 spiro atoms. The van der Waals surface area contributed by atoms with Gasteiger partial charge in [0.1, 0.15) is 17.5 Å². The summed E-state index contributed by atoms with van der Waals surface area (Å²) in [4.78, 5) is 12.0. The van der Waals surface area contributed by atoms with Crippen LogP contribution in [0.2, 0.25) is 0 Å². The monoisotopic (exact) mass is 1280 g/mol. The van der Waals surface area contributed by atoms with E-state index in [1.807, 2.05) is 92.2 Å². The lowest BCUT2D eigenvalue weighted by Gasteiger charge is -2.24. The Morgan fingerprint density at radius 2 is 0.587 bits per heavy atom. The summed E-state index contributed by atoms with van der Waals surface area (Å²) in [7, 11) is 0. The highest BCUT2D eigenvalue weighted by Crippen LogP contribution is 2.27. The third-order valence-corrected chi connectivity index (χ3v) is 15.5. The maximum absolute atomic E-state index is 12.6. The predicted molar refractivity (Wildman–Crippen MR) is 374 cm³/mol. The minimum absolute atomic E-state index is 0.0196. The molecule has 516 valence electrons. The van der Waals surface area contributed by atoms with Gasteiger partial charge in [-0.3, -0.25) is 4.98 Å². The van der Waals surface area contributed by atoms with E-state index in [4.69, 9.17) is 28.4 Å². The van der Waals surface area contributed by atoms with E-state index in [1.165, 1.54) is 94.0 Å². The van der Waals surface area contributed by atoms with Crippen LogP contribution in [0.3, 0.4) is 0 Å². The maximum Gasteiger partial charge on any atom is 0.161 e. The molecule has 4 unspecified atom stereocenters. The van der Waals surface area contributed by atoms with Crippen LogP contribution < -0.4 is 0 Å². The largest absolute Gasteiger partial charge is 0.378 e. The molecule has 4 aromatic carbocycles. The van der Waals surface area contributed by atoms with Gasteiger partial charge < -0.3 is 28.4 Å². The van der Waals surface area contributed by atoms with E-state index in [0.29, 0.717) is 46.3 Å². The minimum atomic E-state index is -0.736. The smallest absolute Gasteiger partial charge is 0.161 e. The Morgan fingerprint density at radius 1 is 0.293 bits per heavy atom. The van der Waals surface area contributed by atoms with Crippen molar-refractivity contribution in [2.45, 2.75) is 228 Å². The van der Waals surface area contributed by atoms with Gasteiger partial charge in [-0.05, 0) is 223 Å². The van der Waals surface area contributed by atoms with Crippen LogP contribution in [0.5, 0.6) is 0 Å². The molecule has 6 heterocycles. The highest BCUT2D eigenvalue weighted by Gasteiger charge is 2.17. The molecule has 1 saturated carbocycles. The molecule has 92 heavy (non-hydrogen) atoms. The summed E-state index contributed by atoms with van der Waals surface area (Å²) in [5.41, 5.74) is 10.1. The van der Waals surface area contributed by atoms with E-state index in [-0.39, 0.29) is 24.2 Å². The quantitative estimate of drug-likeness (QED) is 0.138. The molecular weight excluding hydrogens is 1160 g/mol. The Labute approximate surface area is 556 Å². The second-order valence-electron chi connectivity index (χ2n) is 26.5. The highest BCUT2D eigenvalue weighted by molar-refractivity contribution is 5.25. The molecule has 5 fully saturated rings. The van der Waals surface area contributed by atoms with Gasteiger partial charge in [0, 0.05) is 49.3 Å². The van der Waals surface area contributed by atoms with Crippen LogP contribution in [0.1, 0.15) is 188 Å². The van der Waals surface area contributed by atoms with E-state index in [0.717, 1.165) is 91.5 Å². The maximum atomic E-state index is 12.6. The van der Waals surface area contributed by atoms with Crippen LogP contribution in [-0.2, 0) is 28.4 Å².